The van der Waals surface area contributed by atoms with Gasteiger partial charge in [0.25, 0.3) is 0 Å². The predicted octanol–water partition coefficient (Wildman–Crippen LogP) is 3.20. The minimum Gasteiger partial charge on any atom is -0.370 e. The molecule has 1 aromatic heterocycles. The largest absolute Gasteiger partial charge is 0.370 e. The Balaban J connectivity index is 1.32. The molecular formula is C19H14F3N3O4. The molecule has 0 aliphatic carbocycles. The first-order valence-corrected chi connectivity index (χ1v) is 8.58. The molecule has 0 unspecified atom stereocenters. The number of fused-ring (bicyclic) bond motifs is 1. The zero-order valence-corrected chi connectivity index (χ0v) is 14.8. The number of rotatable bonds is 6. The van der Waals surface area contributed by atoms with Gasteiger partial charge in [0.05, 0.1) is 12.1 Å². The van der Waals surface area contributed by atoms with Crippen molar-refractivity contribution in [1.29, 1.82) is 0 Å². The normalized spacial score (nSPS) is 12.2. The number of nitrogens with one attached hydrogen (secondary N) is 2. The second kappa shape index (κ2) is 7.84. The SMILES string of the molecule is O=C(CCc1ccc2c(c1)ONO2)NCc1cc(-c2c(F)cc(F)cc2F)no1. The Morgan fingerprint density at radius 1 is 1.03 bits per heavy atom. The quantitative estimate of drug-likeness (QED) is 0.655. The molecule has 3 aromatic rings. The number of aryl methyl sites for hydroxylation is 1. The van der Waals surface area contributed by atoms with Gasteiger partial charge in [0.15, 0.2) is 17.3 Å². The second-order valence-corrected chi connectivity index (χ2v) is 6.27. The third-order valence-electron chi connectivity index (χ3n) is 4.23. The fourth-order valence-electron chi connectivity index (χ4n) is 2.82. The van der Waals surface area contributed by atoms with Crippen molar-refractivity contribution >= 4 is 5.91 Å². The number of hydrogen-bond donors (Lipinski definition) is 2. The van der Waals surface area contributed by atoms with E-state index in [1.807, 2.05) is 6.07 Å². The summed E-state index contributed by atoms with van der Waals surface area (Å²) >= 11 is 0. The molecule has 4 rings (SSSR count). The summed E-state index contributed by atoms with van der Waals surface area (Å²) < 4.78 is 45.6. The van der Waals surface area contributed by atoms with Gasteiger partial charge in [0.2, 0.25) is 5.91 Å². The molecule has 0 radical (unpaired) electrons. The average Bonchev–Trinajstić information content (AvgIpc) is 3.33. The van der Waals surface area contributed by atoms with Crippen molar-refractivity contribution in [3.63, 3.8) is 0 Å². The number of carbonyl (C=O) groups excluding carboxylic acids is 1. The van der Waals surface area contributed by atoms with Crippen LogP contribution in [0, 0.1) is 17.5 Å². The van der Waals surface area contributed by atoms with Crippen LogP contribution in [0.25, 0.3) is 11.3 Å². The summed E-state index contributed by atoms with van der Waals surface area (Å²) in [5.41, 5.74) is 2.54. The van der Waals surface area contributed by atoms with Crippen LogP contribution >= 0.6 is 0 Å². The summed E-state index contributed by atoms with van der Waals surface area (Å²) in [7, 11) is 0. The highest BCUT2D eigenvalue weighted by Crippen LogP contribution is 2.31. The first kappa shape index (κ1) is 18.8. The highest BCUT2D eigenvalue weighted by atomic mass is 19.1. The molecule has 10 heteroatoms. The maximum Gasteiger partial charge on any atom is 0.220 e. The average molecular weight is 405 g/mol. The summed E-state index contributed by atoms with van der Waals surface area (Å²) in [6.07, 6.45) is 0.672. The van der Waals surface area contributed by atoms with E-state index >= 15 is 0 Å². The molecule has 0 saturated carbocycles. The van der Waals surface area contributed by atoms with Crippen molar-refractivity contribution in [3.05, 3.63) is 65.2 Å². The minimum absolute atomic E-state index is 0.0126. The van der Waals surface area contributed by atoms with Crippen molar-refractivity contribution in [2.45, 2.75) is 19.4 Å². The number of aromatic nitrogens is 1. The molecule has 2 aromatic carbocycles. The van der Waals surface area contributed by atoms with Crippen LogP contribution < -0.4 is 20.6 Å². The maximum absolute atomic E-state index is 13.8. The molecular weight excluding hydrogens is 391 g/mol. The fraction of sp³-hybridized carbons (Fsp3) is 0.158. The van der Waals surface area contributed by atoms with Crippen LogP contribution in [-0.2, 0) is 17.8 Å². The van der Waals surface area contributed by atoms with E-state index in [2.05, 4.69) is 16.1 Å². The minimum atomic E-state index is -1.09. The van der Waals surface area contributed by atoms with Crippen LogP contribution in [0.5, 0.6) is 11.5 Å². The Morgan fingerprint density at radius 3 is 2.59 bits per heavy atom. The lowest BCUT2D eigenvalue weighted by molar-refractivity contribution is -0.121. The monoisotopic (exact) mass is 405 g/mol. The van der Waals surface area contributed by atoms with Gasteiger partial charge in [0.1, 0.15) is 23.1 Å². The molecule has 150 valence electrons. The van der Waals surface area contributed by atoms with E-state index in [0.717, 1.165) is 5.56 Å². The summed E-state index contributed by atoms with van der Waals surface area (Å²) in [5, 5.41) is 6.22. The Hall–Kier alpha value is -3.53. The molecule has 0 fully saturated rings. The number of amides is 1. The summed E-state index contributed by atoms with van der Waals surface area (Å²) in [6.45, 7) is -0.0126. The highest BCUT2D eigenvalue weighted by molar-refractivity contribution is 5.76. The van der Waals surface area contributed by atoms with Gasteiger partial charge in [0, 0.05) is 30.3 Å². The van der Waals surface area contributed by atoms with Crippen LogP contribution in [0.4, 0.5) is 13.2 Å². The molecule has 7 nitrogen and oxygen atoms in total. The number of hydrogen-bond acceptors (Lipinski definition) is 6. The van der Waals surface area contributed by atoms with E-state index in [4.69, 9.17) is 14.2 Å². The first-order valence-electron chi connectivity index (χ1n) is 8.58. The highest BCUT2D eigenvalue weighted by Gasteiger charge is 2.18. The Labute approximate surface area is 162 Å². The van der Waals surface area contributed by atoms with Crippen molar-refractivity contribution in [3.8, 4) is 22.8 Å². The van der Waals surface area contributed by atoms with Crippen LogP contribution in [0.15, 0.2) is 40.9 Å². The molecule has 0 atom stereocenters. The number of halogens is 3. The maximum atomic E-state index is 13.8. The summed E-state index contributed by atoms with van der Waals surface area (Å²) in [6, 6.07) is 7.70. The topological polar surface area (TPSA) is 85.6 Å². The van der Waals surface area contributed by atoms with E-state index < -0.39 is 23.0 Å². The smallest absolute Gasteiger partial charge is 0.220 e. The summed E-state index contributed by atoms with van der Waals surface area (Å²) in [4.78, 5) is 22.1. The lowest BCUT2D eigenvalue weighted by atomic mass is 10.1. The van der Waals surface area contributed by atoms with Crippen molar-refractivity contribution < 1.29 is 32.2 Å². The number of benzene rings is 2. The molecule has 1 amide bonds. The van der Waals surface area contributed by atoms with Crippen LogP contribution in [0.2, 0.25) is 0 Å². The van der Waals surface area contributed by atoms with Gasteiger partial charge in [-0.1, -0.05) is 11.2 Å². The zero-order chi connectivity index (χ0) is 20.4. The van der Waals surface area contributed by atoms with Gasteiger partial charge in [-0.05, 0) is 24.1 Å². The third kappa shape index (κ3) is 4.16. The Morgan fingerprint density at radius 2 is 1.79 bits per heavy atom. The lowest BCUT2D eigenvalue weighted by Crippen LogP contribution is -2.22. The predicted molar refractivity (Wildman–Crippen MR) is 92.8 cm³/mol. The molecule has 2 heterocycles. The van der Waals surface area contributed by atoms with Crippen LogP contribution in [0.1, 0.15) is 17.7 Å². The first-order chi connectivity index (χ1) is 14.0. The Kier molecular flexibility index (Phi) is 5.09. The molecule has 1 aliphatic rings. The molecule has 2 N–H and O–H groups in total. The van der Waals surface area contributed by atoms with Gasteiger partial charge in [-0.3, -0.25) is 4.79 Å². The van der Waals surface area contributed by atoms with Gasteiger partial charge >= 0.3 is 0 Å². The van der Waals surface area contributed by atoms with Crippen molar-refractivity contribution in [1.82, 2.24) is 16.1 Å². The number of carbonyl (C=O) groups is 1. The molecule has 0 bridgehead atoms. The van der Waals surface area contributed by atoms with E-state index in [1.165, 1.54) is 6.07 Å². The van der Waals surface area contributed by atoms with E-state index in [0.29, 0.717) is 30.1 Å². The second-order valence-electron chi connectivity index (χ2n) is 6.27. The molecule has 0 saturated heterocycles. The van der Waals surface area contributed by atoms with E-state index in [-0.39, 0.29) is 30.3 Å². The van der Waals surface area contributed by atoms with E-state index in [9.17, 15) is 18.0 Å². The molecule has 0 spiro atoms. The third-order valence-corrected chi connectivity index (χ3v) is 4.23. The van der Waals surface area contributed by atoms with Gasteiger partial charge < -0.3 is 19.5 Å². The van der Waals surface area contributed by atoms with Crippen LogP contribution in [-0.4, -0.2) is 11.1 Å². The van der Waals surface area contributed by atoms with Crippen molar-refractivity contribution in [2.75, 3.05) is 0 Å². The summed E-state index contributed by atoms with van der Waals surface area (Å²) in [5.74, 6) is -2.16. The number of nitrogens with zero attached hydrogens (tertiary/aromatic N) is 1. The zero-order valence-electron chi connectivity index (χ0n) is 14.8. The molecule has 1 aliphatic heterocycles. The van der Waals surface area contributed by atoms with Gasteiger partial charge in [-0.25, -0.2) is 13.2 Å². The lowest BCUT2D eigenvalue weighted by Gasteiger charge is -2.04. The fourth-order valence-corrected chi connectivity index (χ4v) is 2.82. The molecule has 29 heavy (non-hydrogen) atoms. The Bertz CT molecular complexity index is 1050. The van der Waals surface area contributed by atoms with E-state index in [1.54, 1.807) is 12.1 Å². The van der Waals surface area contributed by atoms with Crippen LogP contribution in [0.3, 0.4) is 0 Å². The van der Waals surface area contributed by atoms with Gasteiger partial charge in [-0.15, -0.1) is 0 Å². The van der Waals surface area contributed by atoms with Crippen molar-refractivity contribution in [2.24, 2.45) is 0 Å². The standard InChI is InChI=1S/C19H14F3N3O4/c20-11-6-13(21)19(14(22)7-11)15-8-12(27-24-15)9-23-18(26)4-2-10-1-3-16-17(5-10)29-25-28-16/h1,3,5-8,25H,2,4,9H2,(H,23,26). The van der Waals surface area contributed by atoms with Gasteiger partial charge in [-0.2, -0.15) is 0 Å².